The highest BCUT2D eigenvalue weighted by atomic mass is 32.1. The number of anilines is 1. The number of aromatic nitrogens is 2. The van der Waals surface area contributed by atoms with E-state index in [1.807, 2.05) is 60.3 Å². The van der Waals surface area contributed by atoms with Crippen molar-refractivity contribution in [3.63, 3.8) is 0 Å². The first-order valence-electron chi connectivity index (χ1n) is 9.41. The van der Waals surface area contributed by atoms with Crippen molar-refractivity contribution in [2.45, 2.75) is 13.8 Å². The van der Waals surface area contributed by atoms with Crippen molar-refractivity contribution in [2.24, 2.45) is 0 Å². The van der Waals surface area contributed by atoms with Gasteiger partial charge in [0.2, 0.25) is 0 Å². The first kappa shape index (κ1) is 19.0. The maximum absolute atomic E-state index is 12.7. The quantitative estimate of drug-likeness (QED) is 0.462. The molecule has 0 aliphatic heterocycles. The average Bonchev–Trinajstić information content (AvgIpc) is 3.32. The van der Waals surface area contributed by atoms with E-state index in [4.69, 9.17) is 9.47 Å². The maximum Gasteiger partial charge on any atom is 0.255 e. The molecule has 0 aliphatic carbocycles. The summed E-state index contributed by atoms with van der Waals surface area (Å²) in [6.07, 6.45) is 3.98. The molecule has 0 atom stereocenters. The normalized spacial score (nSPS) is 10.8. The molecular formula is C22H21N3O3S. The van der Waals surface area contributed by atoms with Gasteiger partial charge >= 0.3 is 0 Å². The van der Waals surface area contributed by atoms with Gasteiger partial charge in [0, 0.05) is 34.6 Å². The highest BCUT2D eigenvalue weighted by Crippen LogP contribution is 2.29. The Morgan fingerprint density at radius 3 is 2.55 bits per heavy atom. The molecule has 29 heavy (non-hydrogen) atoms. The smallest absolute Gasteiger partial charge is 0.255 e. The fourth-order valence-corrected chi connectivity index (χ4v) is 3.69. The standard InChI is InChI=1S/C22H21N3O3S/c1-3-27-19-10-7-16(13-20(19)28-4-2)21(26)23-17-8-5-15(6-9-17)18-14-25-11-12-29-22(25)24-18/h5-14H,3-4H2,1-2H3,(H,23,26). The van der Waals surface area contributed by atoms with Crippen molar-refractivity contribution < 1.29 is 14.3 Å². The van der Waals surface area contributed by atoms with Crippen molar-refractivity contribution in [1.29, 1.82) is 0 Å². The second-order valence-corrected chi connectivity index (χ2v) is 7.15. The Morgan fingerprint density at radius 1 is 1.07 bits per heavy atom. The van der Waals surface area contributed by atoms with Gasteiger partial charge in [-0.05, 0) is 44.2 Å². The van der Waals surface area contributed by atoms with E-state index >= 15 is 0 Å². The summed E-state index contributed by atoms with van der Waals surface area (Å²) in [5.41, 5.74) is 3.13. The topological polar surface area (TPSA) is 64.9 Å². The number of nitrogens with zero attached hydrogens (tertiary/aromatic N) is 2. The molecule has 2 aromatic carbocycles. The molecule has 0 radical (unpaired) electrons. The number of rotatable bonds is 7. The van der Waals surface area contributed by atoms with Crippen LogP contribution in [0.2, 0.25) is 0 Å². The highest BCUT2D eigenvalue weighted by molar-refractivity contribution is 7.15. The Bertz CT molecular complexity index is 1100. The SMILES string of the molecule is CCOc1ccc(C(=O)Nc2ccc(-c3cn4ccsc4n3)cc2)cc1OCC. The molecule has 0 fully saturated rings. The van der Waals surface area contributed by atoms with Crippen LogP contribution in [0.25, 0.3) is 16.2 Å². The van der Waals surface area contributed by atoms with Crippen LogP contribution in [0.1, 0.15) is 24.2 Å². The lowest BCUT2D eigenvalue weighted by Crippen LogP contribution is -2.12. The summed E-state index contributed by atoms with van der Waals surface area (Å²) in [6, 6.07) is 12.8. The molecule has 7 heteroatoms. The number of carbonyl (C=O) groups is 1. The summed E-state index contributed by atoms with van der Waals surface area (Å²) in [6.45, 7) is 4.84. The fraction of sp³-hybridized carbons (Fsp3) is 0.182. The highest BCUT2D eigenvalue weighted by Gasteiger charge is 2.12. The number of carbonyl (C=O) groups excluding carboxylic acids is 1. The van der Waals surface area contributed by atoms with Gasteiger partial charge in [0.25, 0.3) is 5.91 Å². The predicted molar refractivity (Wildman–Crippen MR) is 115 cm³/mol. The number of nitrogens with one attached hydrogen (secondary N) is 1. The molecule has 148 valence electrons. The van der Waals surface area contributed by atoms with E-state index in [1.54, 1.807) is 29.5 Å². The van der Waals surface area contributed by atoms with E-state index in [0.29, 0.717) is 36.0 Å². The number of hydrogen-bond donors (Lipinski definition) is 1. The first-order valence-corrected chi connectivity index (χ1v) is 10.3. The van der Waals surface area contributed by atoms with Crippen LogP contribution in [-0.2, 0) is 0 Å². The van der Waals surface area contributed by atoms with E-state index in [-0.39, 0.29) is 5.91 Å². The lowest BCUT2D eigenvalue weighted by Gasteiger charge is -2.12. The fourth-order valence-electron chi connectivity index (χ4n) is 2.99. The van der Waals surface area contributed by atoms with Gasteiger partial charge in [0.1, 0.15) is 0 Å². The number of fused-ring (bicyclic) bond motifs is 1. The zero-order chi connectivity index (χ0) is 20.2. The van der Waals surface area contributed by atoms with Crippen molar-refractivity contribution >= 4 is 27.9 Å². The molecule has 0 bridgehead atoms. The molecule has 2 heterocycles. The monoisotopic (exact) mass is 407 g/mol. The molecule has 2 aromatic heterocycles. The minimum Gasteiger partial charge on any atom is -0.490 e. The summed E-state index contributed by atoms with van der Waals surface area (Å²) in [5.74, 6) is 0.997. The van der Waals surface area contributed by atoms with Crippen LogP contribution >= 0.6 is 11.3 Å². The van der Waals surface area contributed by atoms with E-state index < -0.39 is 0 Å². The van der Waals surface area contributed by atoms with Crippen LogP contribution in [0.3, 0.4) is 0 Å². The van der Waals surface area contributed by atoms with Crippen LogP contribution in [0.5, 0.6) is 11.5 Å². The van der Waals surface area contributed by atoms with Gasteiger partial charge in [0.15, 0.2) is 16.5 Å². The van der Waals surface area contributed by atoms with Crippen molar-refractivity contribution in [3.8, 4) is 22.8 Å². The molecule has 4 rings (SSSR count). The van der Waals surface area contributed by atoms with E-state index in [2.05, 4.69) is 10.3 Å². The summed E-state index contributed by atoms with van der Waals surface area (Å²) in [4.78, 5) is 18.2. The van der Waals surface area contributed by atoms with Gasteiger partial charge in [-0.1, -0.05) is 12.1 Å². The Balaban J connectivity index is 1.49. The number of ether oxygens (including phenoxy) is 2. The summed E-state index contributed by atoms with van der Waals surface area (Å²) in [5, 5.41) is 4.92. The number of imidazole rings is 1. The second-order valence-electron chi connectivity index (χ2n) is 6.28. The molecule has 0 saturated heterocycles. The van der Waals surface area contributed by atoms with E-state index in [1.165, 1.54) is 0 Å². The van der Waals surface area contributed by atoms with Crippen LogP contribution in [0.4, 0.5) is 5.69 Å². The minimum atomic E-state index is -0.204. The van der Waals surface area contributed by atoms with E-state index in [0.717, 1.165) is 16.2 Å². The third kappa shape index (κ3) is 4.09. The molecule has 0 unspecified atom stereocenters. The second kappa shape index (κ2) is 8.36. The Labute approximate surface area is 172 Å². The van der Waals surface area contributed by atoms with Crippen molar-refractivity contribution in [1.82, 2.24) is 9.38 Å². The third-order valence-corrected chi connectivity index (χ3v) is 5.11. The number of thiazole rings is 1. The van der Waals surface area contributed by atoms with Crippen LogP contribution < -0.4 is 14.8 Å². The van der Waals surface area contributed by atoms with Gasteiger partial charge in [-0.2, -0.15) is 0 Å². The molecule has 0 saturated carbocycles. The molecule has 0 spiro atoms. The number of hydrogen-bond acceptors (Lipinski definition) is 5. The minimum absolute atomic E-state index is 0.204. The number of amides is 1. The zero-order valence-electron chi connectivity index (χ0n) is 16.2. The molecule has 6 nitrogen and oxygen atoms in total. The summed E-state index contributed by atoms with van der Waals surface area (Å²) >= 11 is 1.60. The van der Waals surface area contributed by atoms with Crippen molar-refractivity contribution in [3.05, 3.63) is 65.8 Å². The van der Waals surface area contributed by atoms with Gasteiger partial charge in [0.05, 0.1) is 18.9 Å². The van der Waals surface area contributed by atoms with Crippen LogP contribution in [0.15, 0.2) is 60.2 Å². The maximum atomic E-state index is 12.7. The largest absolute Gasteiger partial charge is 0.490 e. The third-order valence-electron chi connectivity index (χ3n) is 4.34. The van der Waals surface area contributed by atoms with Crippen molar-refractivity contribution in [2.75, 3.05) is 18.5 Å². The van der Waals surface area contributed by atoms with Gasteiger partial charge < -0.3 is 14.8 Å². The zero-order valence-corrected chi connectivity index (χ0v) is 17.0. The number of benzene rings is 2. The van der Waals surface area contributed by atoms with Gasteiger partial charge in [-0.3, -0.25) is 9.20 Å². The molecule has 0 aliphatic rings. The van der Waals surface area contributed by atoms with Gasteiger partial charge in [-0.15, -0.1) is 11.3 Å². The lowest BCUT2D eigenvalue weighted by molar-refractivity contribution is 0.102. The average molecular weight is 407 g/mol. The molecule has 4 aromatic rings. The Kier molecular flexibility index (Phi) is 5.48. The van der Waals surface area contributed by atoms with Crippen LogP contribution in [0, 0.1) is 0 Å². The summed E-state index contributed by atoms with van der Waals surface area (Å²) in [7, 11) is 0. The summed E-state index contributed by atoms with van der Waals surface area (Å²) < 4.78 is 13.1. The Morgan fingerprint density at radius 2 is 1.83 bits per heavy atom. The molecular weight excluding hydrogens is 386 g/mol. The first-order chi connectivity index (χ1) is 14.2. The molecule has 1 amide bonds. The Hall–Kier alpha value is -3.32. The predicted octanol–water partition coefficient (Wildman–Crippen LogP) is 5.11. The van der Waals surface area contributed by atoms with Crippen LogP contribution in [-0.4, -0.2) is 28.5 Å². The van der Waals surface area contributed by atoms with E-state index in [9.17, 15) is 4.79 Å². The lowest BCUT2D eigenvalue weighted by atomic mass is 10.1. The molecule has 1 N–H and O–H groups in total. The van der Waals surface area contributed by atoms with Gasteiger partial charge in [-0.25, -0.2) is 4.98 Å².